The van der Waals surface area contributed by atoms with Crippen molar-refractivity contribution in [2.75, 3.05) is 0 Å². The van der Waals surface area contributed by atoms with Crippen LogP contribution in [0.4, 0.5) is 0 Å². The molecule has 6 heteroatoms. The van der Waals surface area contributed by atoms with E-state index in [9.17, 15) is 9.59 Å². The molecule has 1 atom stereocenters. The minimum Gasteiger partial charge on any atom is -0.348 e. The third kappa shape index (κ3) is 3.56. The molecule has 0 aliphatic heterocycles. The van der Waals surface area contributed by atoms with Gasteiger partial charge in [-0.25, -0.2) is 0 Å². The predicted molar refractivity (Wildman–Crippen MR) is 93.7 cm³/mol. The molecule has 6 nitrogen and oxygen atoms in total. The molecule has 2 aromatic carbocycles. The molecule has 0 radical (unpaired) electrons. The topological polar surface area (TPSA) is 87.8 Å². The number of aromatic nitrogens is 2. The largest absolute Gasteiger partial charge is 0.348 e. The van der Waals surface area contributed by atoms with Gasteiger partial charge in [-0.05, 0) is 36.8 Å². The SMILES string of the molecule is CC(NC(=O)Cn1ncc(=O)c2ccccc21)c1ccc(C#N)cc1. The molecule has 0 aliphatic rings. The highest BCUT2D eigenvalue weighted by atomic mass is 16.2. The maximum atomic E-state index is 12.3. The molecule has 0 aliphatic carbocycles. The fourth-order valence-corrected chi connectivity index (χ4v) is 2.64. The standard InChI is InChI=1S/C19H16N4O2/c1-13(15-8-6-14(10-20)7-9-15)22-19(25)12-23-17-5-3-2-4-16(17)18(24)11-21-23/h2-9,11,13H,12H2,1H3,(H,22,25). The highest BCUT2D eigenvalue weighted by molar-refractivity contribution is 5.81. The Kier molecular flexibility index (Phi) is 4.57. The van der Waals surface area contributed by atoms with E-state index >= 15 is 0 Å². The third-order valence-corrected chi connectivity index (χ3v) is 3.97. The molecule has 1 amide bonds. The Morgan fingerprint density at radius 2 is 1.96 bits per heavy atom. The molecule has 25 heavy (non-hydrogen) atoms. The van der Waals surface area contributed by atoms with Crippen LogP contribution < -0.4 is 10.7 Å². The van der Waals surface area contributed by atoms with Gasteiger partial charge in [-0.15, -0.1) is 0 Å². The number of carbonyl (C=O) groups excluding carboxylic acids is 1. The smallest absolute Gasteiger partial charge is 0.242 e. The Labute approximate surface area is 144 Å². The van der Waals surface area contributed by atoms with Gasteiger partial charge in [-0.1, -0.05) is 24.3 Å². The van der Waals surface area contributed by atoms with E-state index in [1.807, 2.05) is 19.1 Å². The van der Waals surface area contributed by atoms with Crippen molar-refractivity contribution < 1.29 is 4.79 Å². The highest BCUT2D eigenvalue weighted by Gasteiger charge is 2.12. The molecule has 124 valence electrons. The summed E-state index contributed by atoms with van der Waals surface area (Å²) in [6.45, 7) is 1.89. The lowest BCUT2D eigenvalue weighted by molar-refractivity contribution is -0.122. The van der Waals surface area contributed by atoms with Gasteiger partial charge < -0.3 is 5.32 Å². The van der Waals surface area contributed by atoms with E-state index in [0.29, 0.717) is 16.5 Å². The summed E-state index contributed by atoms with van der Waals surface area (Å²) in [5.41, 5.74) is 1.94. The number of nitriles is 1. The van der Waals surface area contributed by atoms with Gasteiger partial charge in [0.2, 0.25) is 11.3 Å². The quantitative estimate of drug-likeness (QED) is 0.793. The van der Waals surface area contributed by atoms with Crippen molar-refractivity contribution in [1.82, 2.24) is 15.1 Å². The van der Waals surface area contributed by atoms with Crippen LogP contribution in [0.5, 0.6) is 0 Å². The van der Waals surface area contributed by atoms with Crippen molar-refractivity contribution in [3.63, 3.8) is 0 Å². The van der Waals surface area contributed by atoms with Crippen LogP contribution in [0.3, 0.4) is 0 Å². The number of nitrogens with zero attached hydrogens (tertiary/aromatic N) is 3. The first kappa shape index (κ1) is 16.4. The fraction of sp³-hybridized carbons (Fsp3) is 0.158. The molecular weight excluding hydrogens is 316 g/mol. The monoisotopic (exact) mass is 332 g/mol. The second-order valence-electron chi connectivity index (χ2n) is 5.71. The van der Waals surface area contributed by atoms with Gasteiger partial charge >= 0.3 is 0 Å². The van der Waals surface area contributed by atoms with E-state index in [1.54, 1.807) is 36.4 Å². The predicted octanol–water partition coefficient (Wildman–Crippen LogP) is 2.15. The number of nitrogens with one attached hydrogen (secondary N) is 1. The molecule has 0 spiro atoms. The van der Waals surface area contributed by atoms with E-state index in [4.69, 9.17) is 5.26 Å². The highest BCUT2D eigenvalue weighted by Crippen LogP contribution is 2.13. The molecule has 1 N–H and O–H groups in total. The van der Waals surface area contributed by atoms with Crippen LogP contribution in [0, 0.1) is 11.3 Å². The summed E-state index contributed by atoms with van der Waals surface area (Å²) < 4.78 is 1.51. The fourth-order valence-electron chi connectivity index (χ4n) is 2.64. The third-order valence-electron chi connectivity index (χ3n) is 3.97. The van der Waals surface area contributed by atoms with E-state index in [0.717, 1.165) is 5.56 Å². The van der Waals surface area contributed by atoms with Gasteiger partial charge in [0.05, 0.1) is 29.4 Å². The maximum Gasteiger partial charge on any atom is 0.242 e. The molecule has 0 saturated heterocycles. The van der Waals surface area contributed by atoms with Crippen LogP contribution in [-0.2, 0) is 11.3 Å². The lowest BCUT2D eigenvalue weighted by Gasteiger charge is -2.15. The van der Waals surface area contributed by atoms with E-state index in [2.05, 4.69) is 16.5 Å². The zero-order chi connectivity index (χ0) is 17.8. The molecule has 1 unspecified atom stereocenters. The van der Waals surface area contributed by atoms with Crippen molar-refractivity contribution in [2.45, 2.75) is 19.5 Å². The van der Waals surface area contributed by atoms with Crippen molar-refractivity contribution in [3.05, 3.63) is 76.1 Å². The molecule has 1 heterocycles. The van der Waals surface area contributed by atoms with Crippen LogP contribution in [-0.4, -0.2) is 15.7 Å². The minimum atomic E-state index is -0.210. The van der Waals surface area contributed by atoms with Gasteiger partial charge in [-0.2, -0.15) is 10.4 Å². The average Bonchev–Trinajstić information content (AvgIpc) is 2.64. The van der Waals surface area contributed by atoms with E-state index in [-0.39, 0.29) is 23.9 Å². The molecular formula is C19H16N4O2. The summed E-state index contributed by atoms with van der Waals surface area (Å²) in [6, 6.07) is 16.0. The Morgan fingerprint density at radius 3 is 2.68 bits per heavy atom. The van der Waals surface area contributed by atoms with Crippen LogP contribution in [0.15, 0.2) is 59.5 Å². The van der Waals surface area contributed by atoms with Crippen molar-refractivity contribution >= 4 is 16.8 Å². The molecule has 0 bridgehead atoms. The molecule has 3 rings (SSSR count). The number of para-hydroxylation sites is 1. The summed E-state index contributed by atoms with van der Waals surface area (Å²) in [6.07, 6.45) is 1.22. The summed E-state index contributed by atoms with van der Waals surface area (Å²) in [7, 11) is 0. The summed E-state index contributed by atoms with van der Waals surface area (Å²) in [5.74, 6) is -0.210. The second kappa shape index (κ2) is 6.97. The van der Waals surface area contributed by atoms with Gasteiger partial charge in [0.1, 0.15) is 6.54 Å². The Morgan fingerprint density at radius 1 is 1.24 bits per heavy atom. The zero-order valence-electron chi connectivity index (χ0n) is 13.6. The summed E-state index contributed by atoms with van der Waals surface area (Å²) in [4.78, 5) is 24.2. The Bertz CT molecular complexity index is 1020. The zero-order valence-corrected chi connectivity index (χ0v) is 13.6. The average molecular weight is 332 g/mol. The lowest BCUT2D eigenvalue weighted by atomic mass is 10.1. The summed E-state index contributed by atoms with van der Waals surface area (Å²) >= 11 is 0. The van der Waals surface area contributed by atoms with Gasteiger partial charge in [-0.3, -0.25) is 14.3 Å². The number of rotatable bonds is 4. The molecule has 3 aromatic rings. The Balaban J connectivity index is 1.75. The van der Waals surface area contributed by atoms with Crippen molar-refractivity contribution in [1.29, 1.82) is 5.26 Å². The molecule has 0 fully saturated rings. The number of hydrogen-bond acceptors (Lipinski definition) is 4. The number of benzene rings is 2. The number of fused-ring (bicyclic) bond motifs is 1. The summed E-state index contributed by atoms with van der Waals surface area (Å²) in [5, 5.41) is 16.3. The number of carbonyl (C=O) groups is 1. The normalized spacial score (nSPS) is 11.7. The van der Waals surface area contributed by atoms with Crippen LogP contribution in [0.25, 0.3) is 10.9 Å². The van der Waals surface area contributed by atoms with Crippen LogP contribution in [0.1, 0.15) is 24.1 Å². The first-order valence-electron chi connectivity index (χ1n) is 7.83. The van der Waals surface area contributed by atoms with Crippen LogP contribution in [0.2, 0.25) is 0 Å². The second-order valence-corrected chi connectivity index (χ2v) is 5.71. The van der Waals surface area contributed by atoms with Gasteiger partial charge in [0.25, 0.3) is 0 Å². The Hall–Kier alpha value is -3.46. The first-order valence-corrected chi connectivity index (χ1v) is 7.83. The maximum absolute atomic E-state index is 12.3. The van der Waals surface area contributed by atoms with Crippen LogP contribution >= 0.6 is 0 Å². The van der Waals surface area contributed by atoms with Gasteiger partial charge in [0, 0.05) is 5.39 Å². The van der Waals surface area contributed by atoms with Crippen molar-refractivity contribution in [2.24, 2.45) is 0 Å². The molecule has 1 aromatic heterocycles. The van der Waals surface area contributed by atoms with Gasteiger partial charge in [0.15, 0.2) is 0 Å². The van der Waals surface area contributed by atoms with Crippen molar-refractivity contribution in [3.8, 4) is 6.07 Å². The molecule has 0 saturated carbocycles. The van der Waals surface area contributed by atoms with E-state index < -0.39 is 0 Å². The number of amides is 1. The first-order chi connectivity index (χ1) is 12.1. The van der Waals surface area contributed by atoms with E-state index in [1.165, 1.54) is 10.9 Å². The minimum absolute atomic E-state index is 0.0153. The number of hydrogen-bond donors (Lipinski definition) is 1. The lowest BCUT2D eigenvalue weighted by Crippen LogP contribution is -2.31.